The molecule has 0 saturated carbocycles. The van der Waals surface area contributed by atoms with Crippen LogP contribution >= 0.6 is 0 Å². The summed E-state index contributed by atoms with van der Waals surface area (Å²) in [5, 5.41) is 2.35. The number of carbonyl (C=O) groups is 3. The van der Waals surface area contributed by atoms with Crippen molar-refractivity contribution in [2.45, 2.75) is 6.61 Å². The van der Waals surface area contributed by atoms with Crippen LogP contribution in [0.2, 0.25) is 0 Å². The van der Waals surface area contributed by atoms with E-state index in [4.69, 9.17) is 9.15 Å². The number of amides is 3. The standard InChI is InChI=1S/C21H18FN3O5/c22-15-8-6-14(7-9-15)20(27)23-12-19(26)24-25-21(28)18-11-10-17(30-18)13-29-16-4-2-1-3-5-16/h1-11H,12-13H2,(H,23,27)(H,24,26)(H,25,28). The Balaban J connectivity index is 1.40. The maximum Gasteiger partial charge on any atom is 0.305 e. The average Bonchev–Trinajstić information content (AvgIpc) is 3.25. The van der Waals surface area contributed by atoms with Crippen molar-refractivity contribution >= 4 is 17.7 Å². The van der Waals surface area contributed by atoms with Gasteiger partial charge < -0.3 is 14.5 Å². The van der Waals surface area contributed by atoms with Crippen molar-refractivity contribution in [1.82, 2.24) is 16.2 Å². The first kappa shape index (κ1) is 20.6. The molecule has 0 aliphatic carbocycles. The van der Waals surface area contributed by atoms with E-state index in [2.05, 4.69) is 16.2 Å². The summed E-state index contributed by atoms with van der Waals surface area (Å²) in [7, 11) is 0. The highest BCUT2D eigenvalue weighted by molar-refractivity contribution is 5.97. The van der Waals surface area contributed by atoms with E-state index < -0.39 is 23.5 Å². The van der Waals surface area contributed by atoms with Gasteiger partial charge in [0.15, 0.2) is 5.76 Å². The normalized spacial score (nSPS) is 10.2. The largest absolute Gasteiger partial charge is 0.486 e. The van der Waals surface area contributed by atoms with Gasteiger partial charge in [-0.05, 0) is 48.5 Å². The third kappa shape index (κ3) is 5.93. The second kappa shape index (κ2) is 9.87. The van der Waals surface area contributed by atoms with E-state index in [1.165, 1.54) is 18.2 Å². The van der Waals surface area contributed by atoms with Crippen molar-refractivity contribution in [2.75, 3.05) is 6.54 Å². The van der Waals surface area contributed by atoms with E-state index >= 15 is 0 Å². The molecule has 30 heavy (non-hydrogen) atoms. The molecule has 0 unspecified atom stereocenters. The van der Waals surface area contributed by atoms with Crippen molar-refractivity contribution in [3.05, 3.63) is 89.6 Å². The first-order chi connectivity index (χ1) is 14.5. The SMILES string of the molecule is O=C(CNC(=O)c1ccc(F)cc1)NNC(=O)c1ccc(COc2ccccc2)o1. The Hall–Kier alpha value is -4.14. The van der Waals surface area contributed by atoms with Gasteiger partial charge in [0.1, 0.15) is 23.9 Å². The highest BCUT2D eigenvalue weighted by Crippen LogP contribution is 2.13. The topological polar surface area (TPSA) is 110 Å². The number of furan rings is 1. The second-order valence-electron chi connectivity index (χ2n) is 6.06. The van der Waals surface area contributed by atoms with Crippen molar-refractivity contribution in [1.29, 1.82) is 0 Å². The third-order valence-corrected chi connectivity index (χ3v) is 3.84. The molecule has 3 aromatic rings. The molecule has 0 aliphatic rings. The highest BCUT2D eigenvalue weighted by Gasteiger charge is 2.13. The zero-order valence-electron chi connectivity index (χ0n) is 15.7. The minimum Gasteiger partial charge on any atom is -0.486 e. The summed E-state index contributed by atoms with van der Waals surface area (Å²) in [5.41, 5.74) is 4.55. The second-order valence-corrected chi connectivity index (χ2v) is 6.06. The Morgan fingerprint density at radius 3 is 2.33 bits per heavy atom. The molecule has 0 saturated heterocycles. The lowest BCUT2D eigenvalue weighted by Crippen LogP contribution is -2.46. The Morgan fingerprint density at radius 2 is 1.60 bits per heavy atom. The van der Waals surface area contributed by atoms with Crippen molar-refractivity contribution in [3.8, 4) is 5.75 Å². The molecule has 0 aliphatic heterocycles. The van der Waals surface area contributed by atoms with Crippen LogP contribution in [0.5, 0.6) is 5.75 Å². The molecule has 1 heterocycles. The molecule has 0 bridgehead atoms. The molecular weight excluding hydrogens is 393 g/mol. The summed E-state index contributed by atoms with van der Waals surface area (Å²) < 4.78 is 23.8. The van der Waals surface area contributed by atoms with E-state index in [9.17, 15) is 18.8 Å². The van der Waals surface area contributed by atoms with Gasteiger partial charge in [-0.2, -0.15) is 0 Å². The molecule has 3 N–H and O–H groups in total. The Bertz CT molecular complexity index is 1020. The summed E-state index contributed by atoms with van der Waals surface area (Å²) in [6.07, 6.45) is 0. The maximum atomic E-state index is 12.9. The van der Waals surface area contributed by atoms with Crippen LogP contribution in [0.3, 0.4) is 0 Å². The summed E-state index contributed by atoms with van der Waals surface area (Å²) in [6.45, 7) is -0.246. The molecule has 0 fully saturated rings. The number of hydrazine groups is 1. The van der Waals surface area contributed by atoms with Gasteiger partial charge >= 0.3 is 5.91 Å². The summed E-state index contributed by atoms with van der Waals surface area (Å²) in [5.74, 6) is -1.27. The summed E-state index contributed by atoms with van der Waals surface area (Å²) >= 11 is 0. The fourth-order valence-corrected chi connectivity index (χ4v) is 2.34. The van der Waals surface area contributed by atoms with E-state index in [1.54, 1.807) is 18.2 Å². The van der Waals surface area contributed by atoms with Crippen LogP contribution in [0.15, 0.2) is 71.1 Å². The smallest absolute Gasteiger partial charge is 0.305 e. The first-order valence-electron chi connectivity index (χ1n) is 8.91. The quantitative estimate of drug-likeness (QED) is 0.517. The summed E-state index contributed by atoms with van der Waals surface area (Å²) in [6, 6.07) is 17.0. The van der Waals surface area contributed by atoms with Gasteiger partial charge in [-0.25, -0.2) is 4.39 Å². The van der Waals surface area contributed by atoms with Gasteiger partial charge in [0.2, 0.25) is 0 Å². The highest BCUT2D eigenvalue weighted by atomic mass is 19.1. The number of nitrogens with one attached hydrogen (secondary N) is 3. The molecule has 0 atom stereocenters. The molecule has 0 radical (unpaired) electrons. The molecule has 3 amide bonds. The van der Waals surface area contributed by atoms with E-state index in [0.717, 1.165) is 12.1 Å². The number of rotatable bonds is 7. The predicted molar refractivity (Wildman–Crippen MR) is 104 cm³/mol. The van der Waals surface area contributed by atoms with Gasteiger partial charge in [-0.3, -0.25) is 25.2 Å². The monoisotopic (exact) mass is 411 g/mol. The lowest BCUT2D eigenvalue weighted by molar-refractivity contribution is -0.120. The molecule has 1 aromatic heterocycles. The van der Waals surface area contributed by atoms with E-state index in [0.29, 0.717) is 11.5 Å². The zero-order chi connectivity index (χ0) is 21.3. The molecule has 9 heteroatoms. The van der Waals surface area contributed by atoms with Crippen LogP contribution in [-0.4, -0.2) is 24.3 Å². The molecule has 8 nitrogen and oxygen atoms in total. The Labute approximate surface area is 171 Å². The third-order valence-electron chi connectivity index (χ3n) is 3.84. The summed E-state index contributed by atoms with van der Waals surface area (Å²) in [4.78, 5) is 35.7. The number of para-hydroxylation sites is 1. The number of ether oxygens (including phenoxy) is 1. The van der Waals surface area contributed by atoms with Crippen molar-refractivity contribution < 1.29 is 27.9 Å². The number of benzene rings is 2. The fourth-order valence-electron chi connectivity index (χ4n) is 2.34. The van der Waals surface area contributed by atoms with Crippen molar-refractivity contribution in [3.63, 3.8) is 0 Å². The minimum atomic E-state index is -0.667. The van der Waals surface area contributed by atoms with E-state index in [1.807, 2.05) is 18.2 Å². The van der Waals surface area contributed by atoms with Crippen LogP contribution in [0.25, 0.3) is 0 Å². The Kier molecular flexibility index (Phi) is 6.78. The lowest BCUT2D eigenvalue weighted by Gasteiger charge is -2.07. The zero-order valence-corrected chi connectivity index (χ0v) is 15.7. The van der Waals surface area contributed by atoms with Gasteiger partial charge in [0.05, 0.1) is 6.54 Å². The molecule has 154 valence electrons. The van der Waals surface area contributed by atoms with Crippen LogP contribution in [0, 0.1) is 5.82 Å². The molecule has 2 aromatic carbocycles. The number of hydrogen-bond acceptors (Lipinski definition) is 5. The molecule has 0 spiro atoms. The van der Waals surface area contributed by atoms with Crippen LogP contribution < -0.4 is 20.9 Å². The average molecular weight is 411 g/mol. The van der Waals surface area contributed by atoms with Gasteiger partial charge in [-0.1, -0.05) is 18.2 Å². The number of hydrogen-bond donors (Lipinski definition) is 3. The number of halogens is 1. The van der Waals surface area contributed by atoms with Gasteiger partial charge in [-0.15, -0.1) is 0 Å². The minimum absolute atomic E-state index is 0.0164. The molecular formula is C21H18FN3O5. The van der Waals surface area contributed by atoms with Crippen LogP contribution in [0.1, 0.15) is 26.7 Å². The predicted octanol–water partition coefficient (Wildman–Crippen LogP) is 2.19. The fraction of sp³-hybridized carbons (Fsp3) is 0.0952. The molecule has 3 rings (SSSR count). The van der Waals surface area contributed by atoms with Crippen molar-refractivity contribution in [2.24, 2.45) is 0 Å². The van der Waals surface area contributed by atoms with E-state index in [-0.39, 0.29) is 24.5 Å². The van der Waals surface area contributed by atoms with Gasteiger partial charge in [0.25, 0.3) is 11.8 Å². The lowest BCUT2D eigenvalue weighted by atomic mass is 10.2. The maximum absolute atomic E-state index is 12.9. The van der Waals surface area contributed by atoms with Crippen LogP contribution in [-0.2, 0) is 11.4 Å². The Morgan fingerprint density at radius 1 is 0.867 bits per heavy atom. The first-order valence-corrected chi connectivity index (χ1v) is 8.91. The number of carbonyl (C=O) groups excluding carboxylic acids is 3. The van der Waals surface area contributed by atoms with Gasteiger partial charge in [0, 0.05) is 5.56 Å². The van der Waals surface area contributed by atoms with Crippen LogP contribution in [0.4, 0.5) is 4.39 Å².